The lowest BCUT2D eigenvalue weighted by molar-refractivity contribution is 0.0949. The highest BCUT2D eigenvalue weighted by atomic mass is 32.2. The Labute approximate surface area is 207 Å². The van der Waals surface area contributed by atoms with Crippen LogP contribution in [-0.4, -0.2) is 40.3 Å². The number of nitrogens with one attached hydrogen (secondary N) is 1. The van der Waals surface area contributed by atoms with E-state index >= 15 is 0 Å². The van der Waals surface area contributed by atoms with E-state index in [2.05, 4.69) is 27.6 Å². The lowest BCUT2D eigenvalue weighted by Gasteiger charge is -2.12. The lowest BCUT2D eigenvalue weighted by atomic mass is 10.2. The van der Waals surface area contributed by atoms with Crippen molar-refractivity contribution in [3.63, 3.8) is 0 Å². The third-order valence-corrected chi connectivity index (χ3v) is 6.45. The molecule has 0 saturated carbocycles. The summed E-state index contributed by atoms with van der Waals surface area (Å²) in [7, 11) is 1.63. The number of hydrogen-bond acceptors (Lipinski definition) is 7. The highest BCUT2D eigenvalue weighted by Crippen LogP contribution is 2.32. The molecule has 0 aliphatic carbocycles. The predicted octanol–water partition coefficient (Wildman–Crippen LogP) is 4.27. The van der Waals surface area contributed by atoms with Crippen LogP contribution in [-0.2, 0) is 13.0 Å². The minimum absolute atomic E-state index is 0.161. The topological polar surface area (TPSA) is 87.5 Å². The van der Waals surface area contributed by atoms with Crippen molar-refractivity contribution in [2.24, 2.45) is 0 Å². The SMILES string of the molecule is COc1cccc(-n2c(CNC(=O)c3ccc4c(c3)OCO4)nnc2SCCc2ccccc2)c1. The second-order valence-electron chi connectivity index (χ2n) is 7.77. The first-order valence-electron chi connectivity index (χ1n) is 11.1. The summed E-state index contributed by atoms with van der Waals surface area (Å²) in [6, 6.07) is 23.1. The Morgan fingerprint density at radius 2 is 1.89 bits per heavy atom. The molecule has 1 aromatic heterocycles. The Kier molecular flexibility index (Phi) is 6.85. The first-order chi connectivity index (χ1) is 17.2. The molecule has 1 N–H and O–H groups in total. The summed E-state index contributed by atoms with van der Waals surface area (Å²) >= 11 is 1.62. The second kappa shape index (κ2) is 10.5. The van der Waals surface area contributed by atoms with Gasteiger partial charge in [0, 0.05) is 17.4 Å². The first-order valence-corrected chi connectivity index (χ1v) is 12.1. The van der Waals surface area contributed by atoms with Crippen LogP contribution in [0.15, 0.2) is 78.0 Å². The number of aromatic nitrogens is 3. The van der Waals surface area contributed by atoms with Crippen LogP contribution in [0.2, 0.25) is 0 Å². The number of aryl methyl sites for hydroxylation is 1. The average Bonchev–Trinajstić information content (AvgIpc) is 3.54. The molecule has 0 spiro atoms. The van der Waals surface area contributed by atoms with Crippen molar-refractivity contribution in [2.45, 2.75) is 18.1 Å². The summed E-state index contributed by atoms with van der Waals surface area (Å²) in [4.78, 5) is 12.8. The number of carbonyl (C=O) groups excluding carboxylic acids is 1. The Bertz CT molecular complexity index is 1330. The maximum absolute atomic E-state index is 12.8. The highest BCUT2D eigenvalue weighted by Gasteiger charge is 2.19. The van der Waals surface area contributed by atoms with Crippen LogP contribution >= 0.6 is 11.8 Å². The molecule has 0 saturated heterocycles. The van der Waals surface area contributed by atoms with Crippen LogP contribution in [0.1, 0.15) is 21.7 Å². The highest BCUT2D eigenvalue weighted by molar-refractivity contribution is 7.99. The van der Waals surface area contributed by atoms with E-state index in [4.69, 9.17) is 14.2 Å². The monoisotopic (exact) mass is 488 g/mol. The van der Waals surface area contributed by atoms with Crippen molar-refractivity contribution in [2.75, 3.05) is 19.7 Å². The van der Waals surface area contributed by atoms with Gasteiger partial charge in [-0.1, -0.05) is 48.2 Å². The minimum Gasteiger partial charge on any atom is -0.497 e. The third-order valence-electron chi connectivity index (χ3n) is 5.52. The number of rotatable bonds is 9. The Balaban J connectivity index is 1.34. The van der Waals surface area contributed by atoms with Gasteiger partial charge in [-0.3, -0.25) is 9.36 Å². The van der Waals surface area contributed by atoms with Crippen LogP contribution in [0, 0.1) is 0 Å². The van der Waals surface area contributed by atoms with Crippen LogP contribution in [0.4, 0.5) is 0 Å². The van der Waals surface area contributed by atoms with Crippen molar-refractivity contribution in [3.05, 3.63) is 89.7 Å². The van der Waals surface area contributed by atoms with E-state index in [1.807, 2.05) is 47.0 Å². The fourth-order valence-corrected chi connectivity index (χ4v) is 4.68. The number of benzene rings is 3. The molecule has 5 rings (SSSR count). The van der Waals surface area contributed by atoms with Crippen molar-refractivity contribution in [1.82, 2.24) is 20.1 Å². The third kappa shape index (κ3) is 5.25. The summed E-state index contributed by atoms with van der Waals surface area (Å²) in [6.45, 7) is 0.367. The summed E-state index contributed by atoms with van der Waals surface area (Å²) in [6.07, 6.45) is 0.909. The standard InChI is InChI=1S/C26H24N4O4S/c1-32-21-9-5-8-20(15-21)30-24(28-29-26(30)35-13-12-18-6-3-2-4-7-18)16-27-25(31)19-10-11-22-23(14-19)34-17-33-22/h2-11,14-15H,12-13,16-17H2,1H3,(H,27,31). The number of carbonyl (C=O) groups is 1. The molecular weight excluding hydrogens is 464 g/mol. The van der Waals surface area contributed by atoms with Crippen molar-refractivity contribution < 1.29 is 19.0 Å². The molecule has 2 heterocycles. The van der Waals surface area contributed by atoms with E-state index in [1.165, 1.54) is 5.56 Å². The summed E-state index contributed by atoms with van der Waals surface area (Å²) in [5.74, 6) is 3.16. The van der Waals surface area contributed by atoms with Gasteiger partial charge < -0.3 is 19.5 Å². The maximum Gasteiger partial charge on any atom is 0.251 e. The smallest absolute Gasteiger partial charge is 0.251 e. The van der Waals surface area contributed by atoms with E-state index in [0.29, 0.717) is 22.9 Å². The van der Waals surface area contributed by atoms with Gasteiger partial charge in [0.2, 0.25) is 6.79 Å². The summed E-state index contributed by atoms with van der Waals surface area (Å²) in [5, 5.41) is 12.5. The predicted molar refractivity (Wildman–Crippen MR) is 133 cm³/mol. The fourth-order valence-electron chi connectivity index (χ4n) is 3.72. The molecule has 0 atom stereocenters. The molecule has 0 radical (unpaired) electrons. The molecule has 3 aromatic carbocycles. The van der Waals surface area contributed by atoms with Crippen LogP contribution in [0.3, 0.4) is 0 Å². The molecule has 8 nitrogen and oxygen atoms in total. The molecule has 0 fully saturated rings. The lowest BCUT2D eigenvalue weighted by Crippen LogP contribution is -2.24. The van der Waals surface area contributed by atoms with Gasteiger partial charge in [0.1, 0.15) is 5.75 Å². The number of nitrogens with zero attached hydrogens (tertiary/aromatic N) is 3. The zero-order valence-corrected chi connectivity index (χ0v) is 20.0. The van der Waals surface area contributed by atoms with Crippen molar-refractivity contribution in [1.29, 1.82) is 0 Å². The van der Waals surface area contributed by atoms with Gasteiger partial charge in [0.05, 0.1) is 19.3 Å². The molecule has 9 heteroatoms. The molecule has 0 unspecified atom stereocenters. The number of ether oxygens (including phenoxy) is 3. The second-order valence-corrected chi connectivity index (χ2v) is 8.83. The summed E-state index contributed by atoms with van der Waals surface area (Å²) < 4.78 is 18.1. The van der Waals surface area contributed by atoms with Gasteiger partial charge in [-0.05, 0) is 42.3 Å². The van der Waals surface area contributed by atoms with Crippen molar-refractivity contribution >= 4 is 17.7 Å². The Morgan fingerprint density at radius 3 is 2.74 bits per heavy atom. The van der Waals surface area contributed by atoms with E-state index in [9.17, 15) is 4.79 Å². The number of fused-ring (bicyclic) bond motifs is 1. The number of amides is 1. The number of methoxy groups -OCH3 is 1. The van der Waals surface area contributed by atoms with Crippen LogP contribution in [0.5, 0.6) is 17.2 Å². The maximum atomic E-state index is 12.8. The normalized spacial score (nSPS) is 11.9. The zero-order chi connectivity index (χ0) is 24.0. The van der Waals surface area contributed by atoms with E-state index in [-0.39, 0.29) is 19.2 Å². The van der Waals surface area contributed by atoms with Gasteiger partial charge in [-0.2, -0.15) is 0 Å². The van der Waals surface area contributed by atoms with Crippen molar-refractivity contribution in [3.8, 4) is 22.9 Å². The Hall–Kier alpha value is -3.98. The van der Waals surface area contributed by atoms with Gasteiger partial charge >= 0.3 is 0 Å². The quantitative estimate of drug-likeness (QED) is 0.352. The van der Waals surface area contributed by atoms with Gasteiger partial charge in [-0.25, -0.2) is 0 Å². The zero-order valence-electron chi connectivity index (χ0n) is 19.1. The minimum atomic E-state index is -0.234. The molecule has 178 valence electrons. The van der Waals surface area contributed by atoms with Gasteiger partial charge in [0.25, 0.3) is 5.91 Å². The molecule has 4 aromatic rings. The molecule has 1 amide bonds. The Morgan fingerprint density at radius 1 is 1.03 bits per heavy atom. The van der Waals surface area contributed by atoms with E-state index in [1.54, 1.807) is 37.1 Å². The molecule has 35 heavy (non-hydrogen) atoms. The van der Waals surface area contributed by atoms with Crippen LogP contribution < -0.4 is 19.5 Å². The fraction of sp³-hybridized carbons (Fsp3) is 0.192. The number of thioether (sulfide) groups is 1. The molecule has 0 bridgehead atoms. The number of hydrogen-bond donors (Lipinski definition) is 1. The van der Waals surface area contributed by atoms with Gasteiger partial charge in [0.15, 0.2) is 22.5 Å². The first kappa shape index (κ1) is 22.8. The molecule has 1 aliphatic heterocycles. The molecule has 1 aliphatic rings. The van der Waals surface area contributed by atoms with Crippen LogP contribution in [0.25, 0.3) is 5.69 Å². The van der Waals surface area contributed by atoms with Gasteiger partial charge in [-0.15, -0.1) is 10.2 Å². The summed E-state index contributed by atoms with van der Waals surface area (Å²) in [5.41, 5.74) is 2.62. The molecular formula is C26H24N4O4S. The average molecular weight is 489 g/mol. The van der Waals surface area contributed by atoms with E-state index < -0.39 is 0 Å². The largest absolute Gasteiger partial charge is 0.497 e. The van der Waals surface area contributed by atoms with E-state index in [0.717, 1.165) is 28.8 Å².